The summed E-state index contributed by atoms with van der Waals surface area (Å²) in [6.07, 6.45) is 3.51. The maximum Gasteiger partial charge on any atom is 0.247 e. The Bertz CT molecular complexity index is 861. The lowest BCUT2D eigenvalue weighted by Gasteiger charge is -2.35. The minimum atomic E-state index is -3.66. The maximum atomic E-state index is 13.2. The molecule has 0 amide bonds. The highest BCUT2D eigenvalue weighted by molar-refractivity contribution is 7.89. The van der Waals surface area contributed by atoms with E-state index in [-0.39, 0.29) is 10.9 Å². The fourth-order valence-electron chi connectivity index (χ4n) is 3.23. The molecule has 1 aliphatic rings. The van der Waals surface area contributed by atoms with Crippen LogP contribution in [0.25, 0.3) is 0 Å². The third-order valence-corrected chi connectivity index (χ3v) is 6.26. The third kappa shape index (κ3) is 3.42. The second-order valence-electron chi connectivity index (χ2n) is 6.66. The Labute approximate surface area is 148 Å². The molecule has 8 heteroatoms. The van der Waals surface area contributed by atoms with Gasteiger partial charge in [0, 0.05) is 19.3 Å². The van der Waals surface area contributed by atoms with Gasteiger partial charge in [-0.1, -0.05) is 6.07 Å². The summed E-state index contributed by atoms with van der Waals surface area (Å²) in [5.74, 6) is 0.378. The molecule has 0 unspecified atom stereocenters. The Morgan fingerprint density at radius 2 is 2.12 bits per heavy atom. The van der Waals surface area contributed by atoms with Crippen molar-refractivity contribution in [2.45, 2.75) is 24.4 Å². The zero-order valence-corrected chi connectivity index (χ0v) is 15.8. The number of hydrogen-bond acceptors (Lipinski definition) is 5. The van der Waals surface area contributed by atoms with Gasteiger partial charge in [-0.3, -0.25) is 0 Å². The molecule has 1 atom stereocenters. The smallest absolute Gasteiger partial charge is 0.247 e. The van der Waals surface area contributed by atoms with Crippen LogP contribution < -0.4 is 4.74 Å². The second kappa shape index (κ2) is 6.78. The summed E-state index contributed by atoms with van der Waals surface area (Å²) in [7, 11) is 1.79. The molecular formula is C17H24N4O3S. The van der Waals surface area contributed by atoms with Crippen molar-refractivity contribution in [3.63, 3.8) is 0 Å². The molecule has 3 rings (SSSR count). The standard InChI is InChI=1S/C17H24N4O3S/c1-13-5-6-17(16(7-13)24-4)25(22,23)20-10-14-8-18-12-21(14)15(11-20)9-19(2)3/h5-8,12,15H,9-11H2,1-4H3/t15-/m1/s1. The molecule has 0 spiro atoms. The van der Waals surface area contributed by atoms with Crippen LogP contribution in [0.2, 0.25) is 0 Å². The summed E-state index contributed by atoms with van der Waals surface area (Å²) in [5, 5.41) is 0. The number of fused-ring (bicyclic) bond motifs is 1. The van der Waals surface area contributed by atoms with E-state index in [0.717, 1.165) is 17.8 Å². The summed E-state index contributed by atoms with van der Waals surface area (Å²) >= 11 is 0. The Morgan fingerprint density at radius 3 is 2.80 bits per heavy atom. The monoisotopic (exact) mass is 364 g/mol. The molecular weight excluding hydrogens is 340 g/mol. The quantitative estimate of drug-likeness (QED) is 0.804. The van der Waals surface area contributed by atoms with E-state index in [1.807, 2.05) is 21.0 Å². The lowest BCUT2D eigenvalue weighted by Crippen LogP contribution is -2.43. The van der Waals surface area contributed by atoms with Gasteiger partial charge in [0.15, 0.2) is 0 Å². The Morgan fingerprint density at radius 1 is 1.36 bits per heavy atom. The van der Waals surface area contributed by atoms with Crippen molar-refractivity contribution in [3.05, 3.63) is 42.0 Å². The van der Waals surface area contributed by atoms with Gasteiger partial charge < -0.3 is 14.2 Å². The third-order valence-electron chi connectivity index (χ3n) is 4.41. The molecule has 0 saturated carbocycles. The number of aromatic nitrogens is 2. The average Bonchev–Trinajstić information content (AvgIpc) is 3.02. The molecule has 0 aliphatic carbocycles. The summed E-state index contributed by atoms with van der Waals surface area (Å²) in [6, 6.07) is 5.18. The zero-order chi connectivity index (χ0) is 18.2. The van der Waals surface area contributed by atoms with Gasteiger partial charge in [0.05, 0.1) is 31.7 Å². The van der Waals surface area contributed by atoms with Crippen LogP contribution in [0.5, 0.6) is 5.75 Å². The zero-order valence-electron chi connectivity index (χ0n) is 15.0. The number of aryl methyl sites for hydroxylation is 1. The minimum absolute atomic E-state index is 0.0208. The Balaban J connectivity index is 1.99. The van der Waals surface area contributed by atoms with E-state index in [9.17, 15) is 8.42 Å². The molecule has 1 aromatic heterocycles. The molecule has 0 N–H and O–H groups in total. The van der Waals surface area contributed by atoms with Crippen LogP contribution in [0.4, 0.5) is 0 Å². The first-order valence-corrected chi connectivity index (χ1v) is 9.57. The summed E-state index contributed by atoms with van der Waals surface area (Å²) in [5.41, 5.74) is 1.85. The summed E-state index contributed by atoms with van der Waals surface area (Å²) < 4.78 is 35.4. The van der Waals surface area contributed by atoms with Crippen LogP contribution in [0.15, 0.2) is 35.6 Å². The van der Waals surface area contributed by atoms with Crippen LogP contribution in [0, 0.1) is 6.92 Å². The Hall–Kier alpha value is -1.90. The van der Waals surface area contributed by atoms with Crippen LogP contribution in [-0.2, 0) is 16.6 Å². The highest BCUT2D eigenvalue weighted by Crippen LogP contribution is 2.32. The second-order valence-corrected chi connectivity index (χ2v) is 8.57. The number of imidazole rings is 1. The molecule has 7 nitrogen and oxygen atoms in total. The normalized spacial score (nSPS) is 18.4. The van der Waals surface area contributed by atoms with E-state index in [0.29, 0.717) is 18.8 Å². The van der Waals surface area contributed by atoms with Gasteiger partial charge in [-0.05, 0) is 38.7 Å². The lowest BCUT2D eigenvalue weighted by atomic mass is 10.2. The van der Waals surface area contributed by atoms with Crippen molar-refractivity contribution < 1.29 is 13.2 Å². The van der Waals surface area contributed by atoms with E-state index in [2.05, 4.69) is 14.5 Å². The van der Waals surface area contributed by atoms with Crippen LogP contribution in [-0.4, -0.2) is 61.5 Å². The van der Waals surface area contributed by atoms with Crippen molar-refractivity contribution in [2.75, 3.05) is 34.3 Å². The molecule has 136 valence electrons. The van der Waals surface area contributed by atoms with E-state index < -0.39 is 10.0 Å². The first kappa shape index (κ1) is 17.9. The average molecular weight is 364 g/mol. The van der Waals surface area contributed by atoms with E-state index in [1.54, 1.807) is 30.7 Å². The van der Waals surface area contributed by atoms with Gasteiger partial charge in [0.1, 0.15) is 10.6 Å². The number of likely N-dealkylation sites (N-methyl/N-ethyl adjacent to an activating group) is 1. The first-order valence-electron chi connectivity index (χ1n) is 8.13. The summed E-state index contributed by atoms with van der Waals surface area (Å²) in [4.78, 5) is 6.45. The largest absolute Gasteiger partial charge is 0.495 e. The first-order chi connectivity index (χ1) is 11.8. The minimum Gasteiger partial charge on any atom is -0.495 e. The number of methoxy groups -OCH3 is 1. The SMILES string of the molecule is COc1cc(C)ccc1S(=O)(=O)N1Cc2cncn2[C@H](CN(C)C)C1. The molecule has 0 fully saturated rings. The number of benzene rings is 1. The van der Waals surface area contributed by atoms with E-state index >= 15 is 0 Å². The van der Waals surface area contributed by atoms with Crippen LogP contribution in [0.1, 0.15) is 17.3 Å². The van der Waals surface area contributed by atoms with Crippen molar-refractivity contribution in [1.82, 2.24) is 18.8 Å². The van der Waals surface area contributed by atoms with E-state index in [1.165, 1.54) is 11.4 Å². The number of rotatable bonds is 5. The van der Waals surface area contributed by atoms with Gasteiger partial charge >= 0.3 is 0 Å². The van der Waals surface area contributed by atoms with Gasteiger partial charge in [0.2, 0.25) is 10.0 Å². The predicted octanol–water partition coefficient (Wildman–Crippen LogP) is 1.51. The molecule has 1 aromatic carbocycles. The van der Waals surface area contributed by atoms with Gasteiger partial charge in [0.25, 0.3) is 0 Å². The highest BCUT2D eigenvalue weighted by atomic mass is 32.2. The highest BCUT2D eigenvalue weighted by Gasteiger charge is 2.35. The maximum absolute atomic E-state index is 13.2. The van der Waals surface area contributed by atoms with Crippen molar-refractivity contribution in [3.8, 4) is 5.75 Å². The van der Waals surface area contributed by atoms with Gasteiger partial charge in [-0.15, -0.1) is 0 Å². The molecule has 2 heterocycles. The number of hydrogen-bond donors (Lipinski definition) is 0. The predicted molar refractivity (Wildman–Crippen MR) is 95.1 cm³/mol. The van der Waals surface area contributed by atoms with Gasteiger partial charge in [-0.2, -0.15) is 4.31 Å². The Kier molecular flexibility index (Phi) is 4.86. The number of nitrogens with zero attached hydrogens (tertiary/aromatic N) is 4. The molecule has 25 heavy (non-hydrogen) atoms. The van der Waals surface area contributed by atoms with Crippen molar-refractivity contribution >= 4 is 10.0 Å². The fourth-order valence-corrected chi connectivity index (χ4v) is 4.81. The molecule has 0 bridgehead atoms. The fraction of sp³-hybridized carbons (Fsp3) is 0.471. The van der Waals surface area contributed by atoms with Crippen LogP contribution >= 0.6 is 0 Å². The van der Waals surface area contributed by atoms with Gasteiger partial charge in [-0.25, -0.2) is 13.4 Å². The van der Waals surface area contributed by atoms with Crippen LogP contribution in [0.3, 0.4) is 0 Å². The number of sulfonamides is 1. The van der Waals surface area contributed by atoms with E-state index in [4.69, 9.17) is 4.74 Å². The topological polar surface area (TPSA) is 67.7 Å². The van der Waals surface area contributed by atoms with Crippen molar-refractivity contribution in [2.24, 2.45) is 0 Å². The number of ether oxygens (including phenoxy) is 1. The summed E-state index contributed by atoms with van der Waals surface area (Å²) in [6.45, 7) is 3.36. The van der Waals surface area contributed by atoms with Crippen molar-refractivity contribution in [1.29, 1.82) is 0 Å². The molecule has 2 aromatic rings. The molecule has 0 saturated heterocycles. The molecule has 1 aliphatic heterocycles. The lowest BCUT2D eigenvalue weighted by molar-refractivity contribution is 0.233. The molecule has 0 radical (unpaired) electrons.